The summed E-state index contributed by atoms with van der Waals surface area (Å²) in [6.07, 6.45) is 12.0. The lowest BCUT2D eigenvalue weighted by Crippen LogP contribution is -2.29. The fourth-order valence-corrected chi connectivity index (χ4v) is 4.76. The van der Waals surface area contributed by atoms with Crippen LogP contribution in [0.15, 0.2) is 48.7 Å². The first-order valence-electron chi connectivity index (χ1n) is 10.8. The van der Waals surface area contributed by atoms with Gasteiger partial charge in [-0.3, -0.25) is 4.79 Å². The van der Waals surface area contributed by atoms with Crippen LogP contribution in [0.1, 0.15) is 35.5 Å². The van der Waals surface area contributed by atoms with E-state index in [0.717, 1.165) is 35.6 Å². The van der Waals surface area contributed by atoms with E-state index >= 15 is 0 Å². The molecule has 2 aromatic rings. The van der Waals surface area contributed by atoms with Gasteiger partial charge in [0.25, 0.3) is 0 Å². The van der Waals surface area contributed by atoms with Gasteiger partial charge in [-0.15, -0.1) is 0 Å². The lowest BCUT2D eigenvalue weighted by Gasteiger charge is -2.26. The largest absolute Gasteiger partial charge is 0.489 e. The van der Waals surface area contributed by atoms with Crippen LogP contribution >= 0.6 is 0 Å². The van der Waals surface area contributed by atoms with E-state index in [4.69, 9.17) is 9.47 Å². The van der Waals surface area contributed by atoms with Gasteiger partial charge in [-0.2, -0.15) is 0 Å². The molecule has 1 aromatic carbocycles. The van der Waals surface area contributed by atoms with Crippen molar-refractivity contribution in [2.24, 2.45) is 17.3 Å². The van der Waals surface area contributed by atoms with E-state index < -0.39 is 0 Å². The third kappa shape index (κ3) is 3.88. The van der Waals surface area contributed by atoms with Gasteiger partial charge in [-0.1, -0.05) is 30.4 Å². The predicted octanol–water partition coefficient (Wildman–Crippen LogP) is 4.28. The van der Waals surface area contributed by atoms with E-state index in [2.05, 4.69) is 39.6 Å². The summed E-state index contributed by atoms with van der Waals surface area (Å²) in [6, 6.07) is 6.02. The molecule has 1 saturated carbocycles. The molecule has 1 aromatic heterocycles. The minimum absolute atomic E-state index is 0.0577. The molecule has 1 fully saturated rings. The molecule has 1 N–H and O–H groups in total. The highest BCUT2D eigenvalue weighted by Crippen LogP contribution is 2.60. The Morgan fingerprint density at radius 1 is 1.26 bits per heavy atom. The molecule has 1 aliphatic heterocycles. The molecule has 0 bridgehead atoms. The second-order valence-corrected chi connectivity index (χ2v) is 8.77. The second kappa shape index (κ2) is 7.93. The van der Waals surface area contributed by atoms with Crippen LogP contribution in [0.3, 0.4) is 0 Å². The number of carbonyl (C=O) groups is 1. The zero-order valence-corrected chi connectivity index (χ0v) is 17.9. The lowest BCUT2D eigenvalue weighted by atomic mass is 9.82. The molecule has 160 valence electrons. The summed E-state index contributed by atoms with van der Waals surface area (Å²) in [6.45, 7) is 5.52. The van der Waals surface area contributed by atoms with Crippen LogP contribution in [-0.4, -0.2) is 22.5 Å². The monoisotopic (exact) mass is 417 g/mol. The second-order valence-electron chi connectivity index (χ2n) is 8.77. The van der Waals surface area contributed by atoms with Gasteiger partial charge in [0.15, 0.2) is 5.75 Å². The Morgan fingerprint density at radius 2 is 2.13 bits per heavy atom. The van der Waals surface area contributed by atoms with Gasteiger partial charge in [-0.25, -0.2) is 9.97 Å². The van der Waals surface area contributed by atoms with Crippen LogP contribution < -0.4 is 10.1 Å². The Balaban J connectivity index is 1.32. The van der Waals surface area contributed by atoms with Gasteiger partial charge in [0, 0.05) is 17.0 Å². The molecule has 3 aliphatic rings. The summed E-state index contributed by atoms with van der Waals surface area (Å²) >= 11 is 0. The van der Waals surface area contributed by atoms with Crippen molar-refractivity contribution in [1.82, 2.24) is 9.97 Å². The third-order valence-electron chi connectivity index (χ3n) is 6.69. The molecule has 6 heteroatoms. The van der Waals surface area contributed by atoms with Gasteiger partial charge >= 0.3 is 0 Å². The highest BCUT2D eigenvalue weighted by atomic mass is 16.5. The summed E-state index contributed by atoms with van der Waals surface area (Å²) in [5.41, 5.74) is 3.78. The first-order valence-corrected chi connectivity index (χ1v) is 10.8. The highest BCUT2D eigenvalue weighted by molar-refractivity contribution is 5.95. The van der Waals surface area contributed by atoms with Gasteiger partial charge in [0.05, 0.1) is 31.7 Å². The van der Waals surface area contributed by atoms with Crippen LogP contribution in [0.4, 0.5) is 5.69 Å². The predicted molar refractivity (Wildman–Crippen MR) is 117 cm³/mol. The number of amides is 1. The standard InChI is InChI=1S/C25H27N3O3/c1-16-23(12-26-17(2)27-16)31-15-25(20-6-4-3-5-7-20)11-22(25)24(29)28-21-9-8-18-13-30-14-19(18)10-21/h3-6,8-10,12,20,22H,7,11,13-15H2,1-2H3,(H,28,29)/t20?,22-,25+/m0/s1. The molecular weight excluding hydrogens is 390 g/mol. The number of fused-ring (bicyclic) bond motifs is 1. The number of benzene rings is 1. The number of aryl methyl sites for hydroxylation is 2. The molecular formula is C25H27N3O3. The van der Waals surface area contributed by atoms with Crippen molar-refractivity contribution in [2.45, 2.75) is 39.9 Å². The zero-order valence-electron chi connectivity index (χ0n) is 17.9. The number of allylic oxidation sites excluding steroid dienone is 4. The summed E-state index contributed by atoms with van der Waals surface area (Å²) in [7, 11) is 0. The Labute approximate surface area is 182 Å². The van der Waals surface area contributed by atoms with Gasteiger partial charge in [0.1, 0.15) is 5.82 Å². The lowest BCUT2D eigenvalue weighted by molar-refractivity contribution is -0.118. The highest BCUT2D eigenvalue weighted by Gasteiger charge is 2.62. The van der Waals surface area contributed by atoms with E-state index in [0.29, 0.717) is 25.6 Å². The third-order valence-corrected chi connectivity index (χ3v) is 6.69. The minimum Gasteiger partial charge on any atom is -0.489 e. The topological polar surface area (TPSA) is 73.3 Å². The van der Waals surface area contributed by atoms with Crippen molar-refractivity contribution >= 4 is 11.6 Å². The normalized spacial score (nSPS) is 25.9. The zero-order chi connectivity index (χ0) is 21.4. The van der Waals surface area contributed by atoms with E-state index in [9.17, 15) is 4.79 Å². The molecule has 5 rings (SSSR count). The number of nitrogens with zero attached hydrogens (tertiary/aromatic N) is 2. The number of hydrogen-bond donors (Lipinski definition) is 1. The van der Waals surface area contributed by atoms with Crippen molar-refractivity contribution in [3.05, 3.63) is 71.3 Å². The van der Waals surface area contributed by atoms with E-state index in [1.165, 1.54) is 5.56 Å². The number of rotatable bonds is 6. The van der Waals surface area contributed by atoms with Crippen LogP contribution in [0.25, 0.3) is 0 Å². The van der Waals surface area contributed by atoms with Crippen LogP contribution in [0.5, 0.6) is 5.75 Å². The number of hydrogen-bond acceptors (Lipinski definition) is 5. The maximum Gasteiger partial charge on any atom is 0.228 e. The Kier molecular flexibility index (Phi) is 5.10. The summed E-state index contributed by atoms with van der Waals surface area (Å²) in [5.74, 6) is 1.65. The quantitative estimate of drug-likeness (QED) is 0.759. The van der Waals surface area contributed by atoms with Crippen molar-refractivity contribution in [3.8, 4) is 5.75 Å². The van der Waals surface area contributed by atoms with Crippen LogP contribution in [0.2, 0.25) is 0 Å². The van der Waals surface area contributed by atoms with Crippen LogP contribution in [0, 0.1) is 31.1 Å². The number of nitrogens with one attached hydrogen (secondary N) is 1. The number of anilines is 1. The molecule has 0 spiro atoms. The van der Waals surface area contributed by atoms with Gasteiger partial charge in [0.2, 0.25) is 5.91 Å². The Morgan fingerprint density at radius 3 is 2.94 bits per heavy atom. The van der Waals surface area contributed by atoms with E-state index in [1.807, 2.05) is 32.0 Å². The SMILES string of the molecule is Cc1ncc(OC[C@@]2(C3C=CC=CC3)C[C@H]2C(=O)Nc2ccc3c(c2)COC3)c(C)n1. The van der Waals surface area contributed by atoms with Crippen molar-refractivity contribution in [2.75, 3.05) is 11.9 Å². The summed E-state index contributed by atoms with van der Waals surface area (Å²) in [5, 5.41) is 3.13. The number of aromatic nitrogens is 2. The summed E-state index contributed by atoms with van der Waals surface area (Å²) < 4.78 is 11.7. The minimum atomic E-state index is -0.220. The van der Waals surface area contributed by atoms with Crippen molar-refractivity contribution in [3.63, 3.8) is 0 Å². The first kappa shape index (κ1) is 19.9. The van der Waals surface area contributed by atoms with Crippen LogP contribution in [-0.2, 0) is 22.7 Å². The summed E-state index contributed by atoms with van der Waals surface area (Å²) in [4.78, 5) is 21.8. The van der Waals surface area contributed by atoms with Crippen molar-refractivity contribution < 1.29 is 14.3 Å². The first-order chi connectivity index (χ1) is 15.0. The molecule has 3 atom stereocenters. The Bertz CT molecular complexity index is 1080. The van der Waals surface area contributed by atoms with E-state index in [1.54, 1.807) is 6.20 Å². The molecule has 6 nitrogen and oxygen atoms in total. The van der Waals surface area contributed by atoms with Crippen molar-refractivity contribution in [1.29, 1.82) is 0 Å². The maximum absolute atomic E-state index is 13.2. The van der Waals surface area contributed by atoms with Gasteiger partial charge in [-0.05, 0) is 55.9 Å². The molecule has 2 heterocycles. The van der Waals surface area contributed by atoms with Gasteiger partial charge < -0.3 is 14.8 Å². The maximum atomic E-state index is 13.2. The fourth-order valence-electron chi connectivity index (χ4n) is 4.76. The smallest absolute Gasteiger partial charge is 0.228 e. The molecule has 0 radical (unpaired) electrons. The Hall–Kier alpha value is -2.99. The number of ether oxygens (including phenoxy) is 2. The number of carbonyl (C=O) groups excluding carboxylic acids is 1. The molecule has 2 aliphatic carbocycles. The van der Waals surface area contributed by atoms with E-state index in [-0.39, 0.29) is 23.2 Å². The molecule has 31 heavy (non-hydrogen) atoms. The fraction of sp³-hybridized carbons (Fsp3) is 0.400. The average Bonchev–Trinajstić information content (AvgIpc) is 3.34. The molecule has 1 unspecified atom stereocenters. The molecule has 0 saturated heterocycles. The molecule has 1 amide bonds. The average molecular weight is 418 g/mol.